The lowest BCUT2D eigenvalue weighted by atomic mass is 10.1. The van der Waals surface area contributed by atoms with E-state index in [9.17, 15) is 13.2 Å². The van der Waals surface area contributed by atoms with E-state index in [1.807, 2.05) is 31.2 Å². The molecule has 0 radical (unpaired) electrons. The highest BCUT2D eigenvalue weighted by atomic mass is 32.2. The molecular formula is C16H17NO4S. The van der Waals surface area contributed by atoms with Crippen LogP contribution in [0.5, 0.6) is 0 Å². The summed E-state index contributed by atoms with van der Waals surface area (Å²) in [6.45, 7) is 2.13. The Balaban J connectivity index is 2.05. The Morgan fingerprint density at radius 3 is 2.55 bits per heavy atom. The van der Waals surface area contributed by atoms with Gasteiger partial charge in [-0.15, -0.1) is 0 Å². The third kappa shape index (κ3) is 4.89. The van der Waals surface area contributed by atoms with Gasteiger partial charge in [0.15, 0.2) is 0 Å². The zero-order valence-electron chi connectivity index (χ0n) is 12.4. The molecule has 0 unspecified atom stereocenters. The van der Waals surface area contributed by atoms with Gasteiger partial charge in [0.05, 0.1) is 11.8 Å². The van der Waals surface area contributed by atoms with Gasteiger partial charge in [0.25, 0.3) is 0 Å². The summed E-state index contributed by atoms with van der Waals surface area (Å²) in [5.74, 6) is -0.501. The van der Waals surface area contributed by atoms with Gasteiger partial charge in [-0.2, -0.15) is 0 Å². The summed E-state index contributed by atoms with van der Waals surface area (Å²) in [6, 6.07) is 13.9. The highest BCUT2D eigenvalue weighted by Crippen LogP contribution is 2.14. The number of aryl methyl sites for hydroxylation is 1. The standard InChI is InChI=1S/C16H17NO4S/c1-12-5-3-6-13(9-12)11-21-16(18)14-7-4-8-15(10-14)17-22(2,19)20/h3-10,17H,11H2,1-2H3. The van der Waals surface area contributed by atoms with E-state index in [1.165, 1.54) is 6.07 Å². The predicted octanol–water partition coefficient (Wildman–Crippen LogP) is 2.72. The number of hydrogen-bond acceptors (Lipinski definition) is 4. The number of benzene rings is 2. The second kappa shape index (κ2) is 6.62. The minimum atomic E-state index is -3.38. The van der Waals surface area contributed by atoms with Crippen molar-refractivity contribution in [2.24, 2.45) is 0 Å². The molecule has 22 heavy (non-hydrogen) atoms. The Kier molecular flexibility index (Phi) is 4.82. The Hall–Kier alpha value is -2.34. The maximum atomic E-state index is 12.0. The average molecular weight is 319 g/mol. The molecule has 6 heteroatoms. The molecule has 2 rings (SSSR count). The van der Waals surface area contributed by atoms with E-state index in [-0.39, 0.29) is 6.61 Å². The summed E-state index contributed by atoms with van der Waals surface area (Å²) >= 11 is 0. The monoisotopic (exact) mass is 319 g/mol. The van der Waals surface area contributed by atoms with Gasteiger partial charge in [0.2, 0.25) is 10.0 Å². The Morgan fingerprint density at radius 1 is 1.14 bits per heavy atom. The number of anilines is 1. The summed E-state index contributed by atoms with van der Waals surface area (Å²) in [4.78, 5) is 12.0. The van der Waals surface area contributed by atoms with Crippen LogP contribution in [0, 0.1) is 6.92 Å². The number of sulfonamides is 1. The minimum Gasteiger partial charge on any atom is -0.457 e. The molecule has 0 aliphatic heterocycles. The molecule has 1 N–H and O–H groups in total. The van der Waals surface area contributed by atoms with E-state index in [1.54, 1.807) is 18.2 Å². The second-order valence-corrected chi connectivity index (χ2v) is 6.77. The van der Waals surface area contributed by atoms with Crippen molar-refractivity contribution in [3.8, 4) is 0 Å². The fraction of sp³-hybridized carbons (Fsp3) is 0.188. The molecular weight excluding hydrogens is 302 g/mol. The van der Waals surface area contributed by atoms with Gasteiger partial charge in [-0.1, -0.05) is 35.9 Å². The first-order valence-corrected chi connectivity index (χ1v) is 8.53. The summed E-state index contributed by atoms with van der Waals surface area (Å²) in [5.41, 5.74) is 2.61. The van der Waals surface area contributed by atoms with Crippen LogP contribution in [-0.4, -0.2) is 20.6 Å². The maximum absolute atomic E-state index is 12.0. The topological polar surface area (TPSA) is 72.5 Å². The molecule has 0 aromatic heterocycles. The summed E-state index contributed by atoms with van der Waals surface area (Å²) in [5, 5.41) is 0. The third-order valence-corrected chi connectivity index (χ3v) is 3.46. The molecule has 116 valence electrons. The zero-order valence-corrected chi connectivity index (χ0v) is 13.2. The normalized spacial score (nSPS) is 11.0. The van der Waals surface area contributed by atoms with Crippen molar-refractivity contribution >= 4 is 21.7 Å². The molecule has 0 fully saturated rings. The van der Waals surface area contributed by atoms with Crippen LogP contribution < -0.4 is 4.72 Å². The first-order valence-electron chi connectivity index (χ1n) is 6.64. The van der Waals surface area contributed by atoms with Gasteiger partial charge < -0.3 is 4.74 Å². The van der Waals surface area contributed by atoms with E-state index >= 15 is 0 Å². The summed E-state index contributed by atoms with van der Waals surface area (Å²) < 4.78 is 30.0. The van der Waals surface area contributed by atoms with Gasteiger partial charge in [-0.25, -0.2) is 13.2 Å². The van der Waals surface area contributed by atoms with Gasteiger partial charge in [0, 0.05) is 5.69 Å². The largest absolute Gasteiger partial charge is 0.457 e. The van der Waals surface area contributed by atoms with Crippen LogP contribution in [0.15, 0.2) is 48.5 Å². The van der Waals surface area contributed by atoms with Crippen molar-refractivity contribution in [3.63, 3.8) is 0 Å². The molecule has 0 saturated carbocycles. The third-order valence-electron chi connectivity index (χ3n) is 2.85. The molecule has 0 aliphatic carbocycles. The minimum absolute atomic E-state index is 0.171. The van der Waals surface area contributed by atoms with Crippen LogP contribution in [0.1, 0.15) is 21.5 Å². The number of rotatable bonds is 5. The molecule has 0 aliphatic rings. The van der Waals surface area contributed by atoms with E-state index in [4.69, 9.17) is 4.74 Å². The molecule has 2 aromatic rings. The maximum Gasteiger partial charge on any atom is 0.338 e. The van der Waals surface area contributed by atoms with Crippen molar-refractivity contribution in [2.45, 2.75) is 13.5 Å². The van der Waals surface area contributed by atoms with Crippen molar-refractivity contribution in [1.82, 2.24) is 0 Å². The molecule has 0 atom stereocenters. The number of esters is 1. The SMILES string of the molecule is Cc1cccc(COC(=O)c2cccc(NS(C)(=O)=O)c2)c1. The fourth-order valence-electron chi connectivity index (χ4n) is 1.96. The van der Waals surface area contributed by atoms with Crippen molar-refractivity contribution in [3.05, 3.63) is 65.2 Å². The average Bonchev–Trinajstić information content (AvgIpc) is 2.43. The molecule has 0 spiro atoms. The number of carbonyl (C=O) groups excluding carboxylic acids is 1. The van der Waals surface area contributed by atoms with Crippen molar-refractivity contribution in [2.75, 3.05) is 11.0 Å². The molecule has 0 heterocycles. The number of ether oxygens (including phenoxy) is 1. The zero-order chi connectivity index (χ0) is 16.2. The lowest BCUT2D eigenvalue weighted by molar-refractivity contribution is 0.0472. The van der Waals surface area contributed by atoms with E-state index in [2.05, 4.69) is 4.72 Å². The van der Waals surface area contributed by atoms with Crippen LogP contribution in [-0.2, 0) is 21.4 Å². The second-order valence-electron chi connectivity index (χ2n) is 5.02. The highest BCUT2D eigenvalue weighted by molar-refractivity contribution is 7.92. The van der Waals surface area contributed by atoms with E-state index in [0.29, 0.717) is 11.3 Å². The summed E-state index contributed by atoms with van der Waals surface area (Å²) in [7, 11) is -3.38. The highest BCUT2D eigenvalue weighted by Gasteiger charge is 2.10. The number of carbonyl (C=O) groups is 1. The Labute approximate surface area is 130 Å². The van der Waals surface area contributed by atoms with Crippen molar-refractivity contribution in [1.29, 1.82) is 0 Å². The Morgan fingerprint density at radius 2 is 1.86 bits per heavy atom. The van der Waals surface area contributed by atoms with E-state index < -0.39 is 16.0 Å². The number of hydrogen-bond donors (Lipinski definition) is 1. The first kappa shape index (κ1) is 16.0. The lowest BCUT2D eigenvalue weighted by Crippen LogP contribution is -2.11. The van der Waals surface area contributed by atoms with Crippen LogP contribution in [0.4, 0.5) is 5.69 Å². The number of nitrogens with one attached hydrogen (secondary N) is 1. The molecule has 2 aromatic carbocycles. The first-order chi connectivity index (χ1) is 10.3. The molecule has 0 bridgehead atoms. The fourth-order valence-corrected chi connectivity index (χ4v) is 2.51. The van der Waals surface area contributed by atoms with Crippen LogP contribution >= 0.6 is 0 Å². The van der Waals surface area contributed by atoms with Gasteiger partial charge >= 0.3 is 5.97 Å². The van der Waals surface area contributed by atoms with Gasteiger partial charge in [-0.3, -0.25) is 4.72 Å². The van der Waals surface area contributed by atoms with Crippen LogP contribution in [0.25, 0.3) is 0 Å². The van der Waals surface area contributed by atoms with Crippen molar-refractivity contribution < 1.29 is 17.9 Å². The molecule has 0 saturated heterocycles. The summed E-state index contributed by atoms with van der Waals surface area (Å²) in [6.07, 6.45) is 1.05. The molecule has 0 amide bonds. The van der Waals surface area contributed by atoms with Gasteiger partial charge in [0.1, 0.15) is 6.61 Å². The van der Waals surface area contributed by atoms with Crippen LogP contribution in [0.3, 0.4) is 0 Å². The van der Waals surface area contributed by atoms with E-state index in [0.717, 1.165) is 17.4 Å². The van der Waals surface area contributed by atoms with Gasteiger partial charge in [-0.05, 0) is 30.7 Å². The Bertz CT molecular complexity index is 784. The molecule has 5 nitrogen and oxygen atoms in total. The predicted molar refractivity (Wildman–Crippen MR) is 85.2 cm³/mol. The quantitative estimate of drug-likeness (QED) is 0.860. The lowest BCUT2D eigenvalue weighted by Gasteiger charge is -2.08. The van der Waals surface area contributed by atoms with Crippen LogP contribution in [0.2, 0.25) is 0 Å². The smallest absolute Gasteiger partial charge is 0.338 e.